The first kappa shape index (κ1) is 12.8. The Hall–Kier alpha value is -0.610. The average molecular weight is 253 g/mol. The van der Waals surface area contributed by atoms with Gasteiger partial charge in [-0.15, -0.1) is 11.3 Å². The smallest absolute Gasteiger partial charge is 0.186 e. The fraction of sp³-hybridized carbons (Fsp3) is 0.769. The number of nitrogens with zero attached hydrogens (tertiary/aromatic N) is 2. The van der Waals surface area contributed by atoms with E-state index in [2.05, 4.69) is 18.7 Å². The van der Waals surface area contributed by atoms with Gasteiger partial charge in [-0.1, -0.05) is 20.3 Å². The predicted molar refractivity (Wildman–Crippen MR) is 74.7 cm³/mol. The number of hydrogen-bond acceptors (Lipinski definition) is 4. The largest absolute Gasteiger partial charge is 0.345 e. The SMILES string of the molecule is CCCCN(c1nc(CC)c(CN)s1)C1CC1. The van der Waals surface area contributed by atoms with Gasteiger partial charge in [0.05, 0.1) is 5.69 Å². The number of rotatable bonds is 7. The van der Waals surface area contributed by atoms with Gasteiger partial charge >= 0.3 is 0 Å². The van der Waals surface area contributed by atoms with Crippen molar-refractivity contribution in [3.63, 3.8) is 0 Å². The Balaban J connectivity index is 2.14. The monoisotopic (exact) mass is 253 g/mol. The number of aryl methyl sites for hydroxylation is 1. The second kappa shape index (κ2) is 5.83. The maximum Gasteiger partial charge on any atom is 0.186 e. The summed E-state index contributed by atoms with van der Waals surface area (Å²) >= 11 is 1.80. The fourth-order valence-corrected chi connectivity index (χ4v) is 3.20. The Kier molecular flexibility index (Phi) is 4.40. The van der Waals surface area contributed by atoms with Gasteiger partial charge in [0.25, 0.3) is 0 Å². The molecule has 0 saturated heterocycles. The fourth-order valence-electron chi connectivity index (χ4n) is 2.08. The van der Waals surface area contributed by atoms with Crippen LogP contribution in [0.2, 0.25) is 0 Å². The minimum Gasteiger partial charge on any atom is -0.345 e. The molecular formula is C13H23N3S. The van der Waals surface area contributed by atoms with Crippen molar-refractivity contribution in [3.8, 4) is 0 Å². The minimum atomic E-state index is 0.632. The Bertz CT molecular complexity index is 336. The summed E-state index contributed by atoms with van der Waals surface area (Å²) in [6, 6.07) is 0.753. The zero-order chi connectivity index (χ0) is 12.3. The van der Waals surface area contributed by atoms with Crippen molar-refractivity contribution in [2.24, 2.45) is 5.73 Å². The van der Waals surface area contributed by atoms with E-state index in [1.165, 1.54) is 41.4 Å². The molecule has 0 radical (unpaired) electrons. The third-order valence-corrected chi connectivity index (χ3v) is 4.43. The molecule has 17 heavy (non-hydrogen) atoms. The molecule has 2 N–H and O–H groups in total. The van der Waals surface area contributed by atoms with E-state index in [9.17, 15) is 0 Å². The van der Waals surface area contributed by atoms with Crippen LogP contribution in [0.3, 0.4) is 0 Å². The number of hydrogen-bond donors (Lipinski definition) is 1. The summed E-state index contributed by atoms with van der Waals surface area (Å²) < 4.78 is 0. The van der Waals surface area contributed by atoms with Gasteiger partial charge in [0.1, 0.15) is 0 Å². The molecule has 0 aromatic carbocycles. The number of aromatic nitrogens is 1. The highest BCUT2D eigenvalue weighted by Crippen LogP contribution is 2.35. The first-order valence-electron chi connectivity index (χ1n) is 6.75. The van der Waals surface area contributed by atoms with Gasteiger partial charge in [0.2, 0.25) is 0 Å². The molecule has 1 aliphatic carbocycles. The molecule has 1 aromatic heterocycles. The van der Waals surface area contributed by atoms with Crippen molar-refractivity contribution in [1.29, 1.82) is 0 Å². The van der Waals surface area contributed by atoms with E-state index in [1.54, 1.807) is 11.3 Å². The van der Waals surface area contributed by atoms with E-state index in [4.69, 9.17) is 10.7 Å². The third kappa shape index (κ3) is 2.99. The molecule has 0 bridgehead atoms. The van der Waals surface area contributed by atoms with Crippen molar-refractivity contribution >= 4 is 16.5 Å². The van der Waals surface area contributed by atoms with E-state index >= 15 is 0 Å². The second-order valence-corrected chi connectivity index (χ2v) is 5.76. The summed E-state index contributed by atoms with van der Waals surface area (Å²) in [7, 11) is 0. The van der Waals surface area contributed by atoms with Crippen molar-refractivity contribution in [2.75, 3.05) is 11.4 Å². The van der Waals surface area contributed by atoms with Crippen molar-refractivity contribution in [2.45, 2.75) is 58.5 Å². The Labute approximate surface area is 108 Å². The van der Waals surface area contributed by atoms with Gasteiger partial charge in [-0.3, -0.25) is 0 Å². The third-order valence-electron chi connectivity index (χ3n) is 3.27. The lowest BCUT2D eigenvalue weighted by molar-refractivity contribution is 0.709. The summed E-state index contributed by atoms with van der Waals surface area (Å²) in [5.41, 5.74) is 6.99. The van der Waals surface area contributed by atoms with Crippen molar-refractivity contribution in [1.82, 2.24) is 4.98 Å². The maximum absolute atomic E-state index is 5.78. The lowest BCUT2D eigenvalue weighted by Gasteiger charge is -2.20. The normalized spacial score (nSPS) is 15.2. The maximum atomic E-state index is 5.78. The van der Waals surface area contributed by atoms with Crippen LogP contribution >= 0.6 is 11.3 Å². The molecule has 4 heteroatoms. The van der Waals surface area contributed by atoms with E-state index in [0.29, 0.717) is 6.54 Å². The predicted octanol–water partition coefficient (Wildman–Crippen LogP) is 2.93. The molecule has 3 nitrogen and oxygen atoms in total. The number of thiazole rings is 1. The summed E-state index contributed by atoms with van der Waals surface area (Å²) in [5, 5.41) is 1.21. The molecule has 0 aliphatic heterocycles. The summed E-state index contributed by atoms with van der Waals surface area (Å²) in [6.45, 7) is 6.19. The highest BCUT2D eigenvalue weighted by atomic mass is 32.1. The van der Waals surface area contributed by atoms with Gasteiger partial charge in [-0.05, 0) is 25.7 Å². The second-order valence-electron chi connectivity index (χ2n) is 4.70. The van der Waals surface area contributed by atoms with Crippen LogP contribution in [0.25, 0.3) is 0 Å². The van der Waals surface area contributed by atoms with Gasteiger partial charge in [-0.25, -0.2) is 4.98 Å². The van der Waals surface area contributed by atoms with E-state index < -0.39 is 0 Å². The Morgan fingerprint density at radius 1 is 1.41 bits per heavy atom. The van der Waals surface area contributed by atoms with Crippen LogP contribution in [0.1, 0.15) is 50.1 Å². The number of anilines is 1. The molecule has 0 atom stereocenters. The Morgan fingerprint density at radius 3 is 2.65 bits per heavy atom. The zero-order valence-electron chi connectivity index (χ0n) is 10.9. The standard InChI is InChI=1S/C13H23N3S/c1-3-5-8-16(10-6-7-10)13-15-11(4-2)12(9-14)17-13/h10H,3-9,14H2,1-2H3. The van der Waals surface area contributed by atoms with Crippen molar-refractivity contribution < 1.29 is 0 Å². The number of nitrogens with two attached hydrogens (primary N) is 1. The van der Waals surface area contributed by atoms with Crippen LogP contribution in [0.15, 0.2) is 0 Å². The molecule has 1 saturated carbocycles. The van der Waals surface area contributed by atoms with Gasteiger partial charge in [-0.2, -0.15) is 0 Å². The highest BCUT2D eigenvalue weighted by Gasteiger charge is 2.30. The molecule has 1 aliphatic rings. The van der Waals surface area contributed by atoms with Gasteiger partial charge in [0, 0.05) is 24.0 Å². The van der Waals surface area contributed by atoms with Crippen LogP contribution in [0.4, 0.5) is 5.13 Å². The summed E-state index contributed by atoms with van der Waals surface area (Å²) in [6.07, 6.45) is 6.18. The topological polar surface area (TPSA) is 42.2 Å². The first-order valence-corrected chi connectivity index (χ1v) is 7.57. The number of unbranched alkanes of at least 4 members (excludes halogenated alkanes) is 1. The highest BCUT2D eigenvalue weighted by molar-refractivity contribution is 7.15. The quantitative estimate of drug-likeness (QED) is 0.812. The lowest BCUT2D eigenvalue weighted by Crippen LogP contribution is -2.26. The zero-order valence-corrected chi connectivity index (χ0v) is 11.7. The van der Waals surface area contributed by atoms with Crippen molar-refractivity contribution in [3.05, 3.63) is 10.6 Å². The van der Waals surface area contributed by atoms with Gasteiger partial charge < -0.3 is 10.6 Å². The minimum absolute atomic E-state index is 0.632. The molecule has 0 amide bonds. The van der Waals surface area contributed by atoms with Crippen LogP contribution in [0.5, 0.6) is 0 Å². The molecular weight excluding hydrogens is 230 g/mol. The molecule has 1 aromatic rings. The van der Waals surface area contributed by atoms with Crippen LogP contribution < -0.4 is 10.6 Å². The van der Waals surface area contributed by atoms with Crippen LogP contribution in [0, 0.1) is 0 Å². The van der Waals surface area contributed by atoms with E-state index in [1.807, 2.05) is 0 Å². The average Bonchev–Trinajstić information content (AvgIpc) is 3.09. The molecule has 2 rings (SSSR count). The van der Waals surface area contributed by atoms with E-state index in [-0.39, 0.29) is 0 Å². The lowest BCUT2D eigenvalue weighted by atomic mass is 10.3. The van der Waals surface area contributed by atoms with Crippen LogP contribution in [-0.2, 0) is 13.0 Å². The molecule has 96 valence electrons. The molecule has 0 unspecified atom stereocenters. The summed E-state index contributed by atoms with van der Waals surface area (Å²) in [4.78, 5) is 8.55. The van der Waals surface area contributed by atoms with E-state index in [0.717, 1.165) is 19.0 Å². The summed E-state index contributed by atoms with van der Waals surface area (Å²) in [5.74, 6) is 0. The Morgan fingerprint density at radius 2 is 2.18 bits per heavy atom. The first-order chi connectivity index (χ1) is 8.30. The van der Waals surface area contributed by atoms with Crippen LogP contribution in [-0.4, -0.2) is 17.6 Å². The van der Waals surface area contributed by atoms with Gasteiger partial charge in [0.15, 0.2) is 5.13 Å². The molecule has 1 fully saturated rings. The molecule has 0 spiro atoms. The molecule has 1 heterocycles.